The number of ether oxygens (including phenoxy) is 1. The average Bonchev–Trinajstić information content (AvgIpc) is 3.34. The number of carbonyl (C=O) groups excluding carboxylic acids is 1. The molecule has 2 aromatic heterocycles. The van der Waals surface area contributed by atoms with E-state index < -0.39 is 24.1 Å². The Hall–Kier alpha value is -2.69. The Balaban J connectivity index is 1.84. The summed E-state index contributed by atoms with van der Waals surface area (Å²) in [5, 5.41) is 14.9. The lowest BCUT2D eigenvalue weighted by Crippen LogP contribution is -2.33. The van der Waals surface area contributed by atoms with Crippen molar-refractivity contribution in [2.24, 2.45) is 7.05 Å². The SMILES string of the molecule is CCOC(=O)CN(Cc1ccccc1)C(O)c1ccc(-c2cc(C(F)(F)F)n(C)n2)s1. The average molecular weight is 453 g/mol. The standard InChI is InChI=1S/C21H22F3N3O3S/c1-3-30-19(28)13-27(12-14-7-5-4-6-8-14)20(29)17-10-9-16(31-17)15-11-18(21(22,23)24)26(2)25-15/h4-11,20,29H,3,12-13H2,1-2H3. The molecule has 3 aromatic rings. The van der Waals surface area contributed by atoms with Gasteiger partial charge >= 0.3 is 12.1 Å². The molecule has 0 aliphatic rings. The fraction of sp³-hybridized carbons (Fsp3) is 0.333. The molecule has 0 aliphatic carbocycles. The first kappa shape index (κ1) is 23.0. The summed E-state index contributed by atoms with van der Waals surface area (Å²) >= 11 is 1.12. The van der Waals surface area contributed by atoms with Crippen molar-refractivity contribution in [2.45, 2.75) is 25.9 Å². The van der Waals surface area contributed by atoms with Gasteiger partial charge in [0.15, 0.2) is 0 Å². The van der Waals surface area contributed by atoms with Crippen LogP contribution in [-0.2, 0) is 29.3 Å². The van der Waals surface area contributed by atoms with Gasteiger partial charge in [0, 0.05) is 18.5 Å². The lowest BCUT2D eigenvalue weighted by molar-refractivity contribution is -0.148. The van der Waals surface area contributed by atoms with Crippen molar-refractivity contribution in [2.75, 3.05) is 13.2 Å². The zero-order valence-corrected chi connectivity index (χ0v) is 17.8. The van der Waals surface area contributed by atoms with E-state index in [-0.39, 0.29) is 25.4 Å². The number of aliphatic hydroxyl groups excluding tert-OH is 1. The number of nitrogens with zero attached hydrogens (tertiary/aromatic N) is 3. The van der Waals surface area contributed by atoms with Crippen LogP contribution in [0.3, 0.4) is 0 Å². The molecule has 0 saturated carbocycles. The summed E-state index contributed by atoms with van der Waals surface area (Å²) in [6.45, 7) is 2.07. The van der Waals surface area contributed by atoms with Crippen LogP contribution in [0.1, 0.15) is 29.3 Å². The summed E-state index contributed by atoms with van der Waals surface area (Å²) in [5.41, 5.74) is 0.200. The number of benzene rings is 1. The number of aryl methyl sites for hydroxylation is 1. The second kappa shape index (κ2) is 9.63. The first-order valence-corrected chi connectivity index (χ1v) is 10.3. The molecule has 0 aliphatic heterocycles. The molecule has 1 atom stereocenters. The molecular weight excluding hydrogens is 431 g/mol. The number of halogens is 3. The predicted octanol–water partition coefficient (Wildman–Crippen LogP) is 4.22. The van der Waals surface area contributed by atoms with Crippen LogP contribution in [0.4, 0.5) is 13.2 Å². The van der Waals surface area contributed by atoms with Crippen molar-refractivity contribution in [1.29, 1.82) is 0 Å². The highest BCUT2D eigenvalue weighted by Gasteiger charge is 2.35. The topological polar surface area (TPSA) is 67.6 Å². The molecular formula is C21H22F3N3O3S. The summed E-state index contributed by atoms with van der Waals surface area (Å²) in [7, 11) is 1.23. The van der Waals surface area contributed by atoms with E-state index in [9.17, 15) is 23.1 Å². The number of aromatic nitrogens is 2. The number of hydrogen-bond donors (Lipinski definition) is 1. The molecule has 0 amide bonds. The maximum absolute atomic E-state index is 13.1. The molecule has 1 aromatic carbocycles. The highest BCUT2D eigenvalue weighted by Crippen LogP contribution is 2.36. The Labute approximate surface area is 181 Å². The van der Waals surface area contributed by atoms with Crippen LogP contribution >= 0.6 is 11.3 Å². The summed E-state index contributed by atoms with van der Waals surface area (Å²) in [6, 6.07) is 13.5. The quantitative estimate of drug-likeness (QED) is 0.409. The van der Waals surface area contributed by atoms with E-state index in [1.807, 2.05) is 30.3 Å². The molecule has 0 spiro atoms. The Morgan fingerprint density at radius 1 is 1.26 bits per heavy atom. The normalized spacial score (nSPS) is 12.9. The van der Waals surface area contributed by atoms with Crippen LogP contribution in [0.15, 0.2) is 48.5 Å². The number of esters is 1. The van der Waals surface area contributed by atoms with E-state index >= 15 is 0 Å². The van der Waals surface area contributed by atoms with Crippen molar-refractivity contribution in [1.82, 2.24) is 14.7 Å². The van der Waals surface area contributed by atoms with Crippen LogP contribution in [-0.4, -0.2) is 38.9 Å². The third-order valence-electron chi connectivity index (χ3n) is 4.52. The minimum absolute atomic E-state index is 0.140. The molecule has 0 fully saturated rings. The van der Waals surface area contributed by atoms with E-state index in [4.69, 9.17) is 4.74 Å². The lowest BCUT2D eigenvalue weighted by Gasteiger charge is -2.26. The molecule has 3 rings (SSSR count). The first-order chi connectivity index (χ1) is 14.7. The van der Waals surface area contributed by atoms with Crippen molar-refractivity contribution < 1.29 is 27.8 Å². The van der Waals surface area contributed by atoms with Crippen LogP contribution in [0.25, 0.3) is 10.6 Å². The van der Waals surface area contributed by atoms with Crippen LogP contribution < -0.4 is 0 Å². The Kier molecular flexibility index (Phi) is 7.14. The number of hydrogen-bond acceptors (Lipinski definition) is 6. The molecule has 166 valence electrons. The summed E-state index contributed by atoms with van der Waals surface area (Å²) in [6.07, 6.45) is -5.65. The molecule has 0 radical (unpaired) electrons. The molecule has 10 heteroatoms. The van der Waals surface area contributed by atoms with Gasteiger partial charge in [0.1, 0.15) is 17.6 Å². The van der Waals surface area contributed by atoms with Gasteiger partial charge in [-0.3, -0.25) is 14.4 Å². The predicted molar refractivity (Wildman–Crippen MR) is 110 cm³/mol. The molecule has 0 saturated heterocycles. The van der Waals surface area contributed by atoms with E-state index in [1.165, 1.54) is 7.05 Å². The minimum atomic E-state index is -4.51. The minimum Gasteiger partial charge on any atom is -0.465 e. The second-order valence-corrected chi connectivity index (χ2v) is 7.92. The van der Waals surface area contributed by atoms with Gasteiger partial charge in [0.25, 0.3) is 0 Å². The largest absolute Gasteiger partial charge is 0.465 e. The second-order valence-electron chi connectivity index (χ2n) is 6.81. The molecule has 31 heavy (non-hydrogen) atoms. The summed E-state index contributed by atoms with van der Waals surface area (Å²) in [4.78, 5) is 14.6. The van der Waals surface area contributed by atoms with E-state index in [0.29, 0.717) is 9.75 Å². The molecule has 1 N–H and O–H groups in total. The molecule has 2 heterocycles. The van der Waals surface area contributed by atoms with Crippen LogP contribution in [0.2, 0.25) is 0 Å². The third-order valence-corrected chi connectivity index (χ3v) is 5.66. The molecule has 6 nitrogen and oxygen atoms in total. The summed E-state index contributed by atoms with van der Waals surface area (Å²) < 4.78 is 45.0. The zero-order valence-electron chi connectivity index (χ0n) is 17.0. The van der Waals surface area contributed by atoms with Gasteiger partial charge in [-0.1, -0.05) is 30.3 Å². The monoisotopic (exact) mass is 453 g/mol. The number of carbonyl (C=O) groups is 1. The fourth-order valence-corrected chi connectivity index (χ4v) is 4.07. The van der Waals surface area contributed by atoms with Crippen molar-refractivity contribution >= 4 is 17.3 Å². The Morgan fingerprint density at radius 2 is 1.97 bits per heavy atom. The summed E-state index contributed by atoms with van der Waals surface area (Å²) in [5.74, 6) is -0.478. The van der Waals surface area contributed by atoms with Gasteiger partial charge < -0.3 is 9.84 Å². The number of rotatable bonds is 8. The van der Waals surface area contributed by atoms with Crippen molar-refractivity contribution in [3.63, 3.8) is 0 Å². The number of aliphatic hydroxyl groups is 1. The number of thiophene rings is 1. The van der Waals surface area contributed by atoms with E-state index in [2.05, 4.69) is 5.10 Å². The van der Waals surface area contributed by atoms with Crippen molar-refractivity contribution in [3.8, 4) is 10.6 Å². The number of alkyl halides is 3. The lowest BCUT2D eigenvalue weighted by atomic mass is 10.2. The Morgan fingerprint density at radius 3 is 2.58 bits per heavy atom. The smallest absolute Gasteiger partial charge is 0.433 e. The van der Waals surface area contributed by atoms with Gasteiger partial charge in [-0.2, -0.15) is 18.3 Å². The van der Waals surface area contributed by atoms with Gasteiger partial charge in [-0.15, -0.1) is 11.3 Å². The highest BCUT2D eigenvalue weighted by molar-refractivity contribution is 7.15. The molecule has 0 bridgehead atoms. The van der Waals surface area contributed by atoms with E-state index in [1.54, 1.807) is 24.0 Å². The van der Waals surface area contributed by atoms with Crippen LogP contribution in [0, 0.1) is 0 Å². The zero-order chi connectivity index (χ0) is 22.6. The van der Waals surface area contributed by atoms with Gasteiger partial charge in [-0.05, 0) is 30.7 Å². The highest BCUT2D eigenvalue weighted by atomic mass is 32.1. The van der Waals surface area contributed by atoms with Crippen molar-refractivity contribution in [3.05, 3.63) is 64.7 Å². The third kappa shape index (κ3) is 5.72. The maximum atomic E-state index is 13.1. The van der Waals surface area contributed by atoms with Gasteiger partial charge in [0.2, 0.25) is 0 Å². The van der Waals surface area contributed by atoms with Gasteiger partial charge in [-0.25, -0.2) is 0 Å². The maximum Gasteiger partial charge on any atom is 0.433 e. The first-order valence-electron chi connectivity index (χ1n) is 9.52. The van der Waals surface area contributed by atoms with Crippen LogP contribution in [0.5, 0.6) is 0 Å². The Bertz CT molecular complexity index is 1020. The molecule has 1 unspecified atom stereocenters. The van der Waals surface area contributed by atoms with Gasteiger partial charge in [0.05, 0.1) is 18.0 Å². The fourth-order valence-electron chi connectivity index (χ4n) is 3.08. The van der Waals surface area contributed by atoms with E-state index in [0.717, 1.165) is 27.6 Å².